The second-order valence-electron chi connectivity index (χ2n) is 6.10. The lowest BCUT2D eigenvalue weighted by molar-refractivity contribution is -0.124. The summed E-state index contributed by atoms with van der Waals surface area (Å²) in [6.07, 6.45) is 0. The molecule has 0 unspecified atom stereocenters. The summed E-state index contributed by atoms with van der Waals surface area (Å²) in [5.41, 5.74) is 1.92. The van der Waals surface area contributed by atoms with Crippen LogP contribution in [0.15, 0.2) is 54.6 Å². The summed E-state index contributed by atoms with van der Waals surface area (Å²) in [7, 11) is 0. The molecular formula is C20H19N3O4S. The van der Waals surface area contributed by atoms with Gasteiger partial charge in [0.2, 0.25) is 5.91 Å². The molecule has 1 aliphatic rings. The maximum Gasteiger partial charge on any atom is 0.288 e. The molecule has 0 atom stereocenters. The Bertz CT molecular complexity index is 868. The van der Waals surface area contributed by atoms with Crippen LogP contribution in [0.5, 0.6) is 0 Å². The first-order valence-corrected chi connectivity index (χ1v) is 9.70. The van der Waals surface area contributed by atoms with E-state index in [4.69, 9.17) is 0 Å². The minimum Gasteiger partial charge on any atom is -0.350 e. The van der Waals surface area contributed by atoms with Crippen molar-refractivity contribution in [3.8, 4) is 0 Å². The zero-order valence-corrected chi connectivity index (χ0v) is 15.8. The Hall–Kier alpha value is -3.13. The van der Waals surface area contributed by atoms with Crippen molar-refractivity contribution in [3.63, 3.8) is 0 Å². The first kappa shape index (κ1) is 19.6. The first-order valence-electron chi connectivity index (χ1n) is 8.72. The second-order valence-corrected chi connectivity index (χ2v) is 7.03. The zero-order chi connectivity index (χ0) is 19.9. The van der Waals surface area contributed by atoms with Gasteiger partial charge in [0.1, 0.15) is 0 Å². The Labute approximate surface area is 166 Å². The van der Waals surface area contributed by atoms with Gasteiger partial charge in [-0.1, -0.05) is 42.1 Å². The molecule has 3 rings (SSSR count). The third-order valence-electron chi connectivity index (χ3n) is 4.17. The number of hydrogen-bond donors (Lipinski definition) is 2. The third kappa shape index (κ3) is 4.98. The molecule has 4 amide bonds. The molecule has 0 aliphatic carbocycles. The topological polar surface area (TPSA) is 95.6 Å². The van der Waals surface area contributed by atoms with Crippen LogP contribution in [0.3, 0.4) is 0 Å². The number of carbonyl (C=O) groups is 4. The SMILES string of the molecule is O=C(NCCN1C(=O)CSC1=O)c1ccc(CNC(=O)c2ccccc2)cc1. The molecule has 0 radical (unpaired) electrons. The van der Waals surface area contributed by atoms with E-state index in [9.17, 15) is 19.2 Å². The predicted molar refractivity (Wildman–Crippen MR) is 106 cm³/mol. The summed E-state index contributed by atoms with van der Waals surface area (Å²) >= 11 is 0.970. The fourth-order valence-electron chi connectivity index (χ4n) is 2.63. The highest BCUT2D eigenvalue weighted by atomic mass is 32.2. The Balaban J connectivity index is 1.45. The summed E-state index contributed by atoms with van der Waals surface area (Å²) < 4.78 is 0. The molecule has 7 nitrogen and oxygen atoms in total. The predicted octanol–water partition coefficient (Wildman–Crippen LogP) is 2.04. The van der Waals surface area contributed by atoms with Gasteiger partial charge in [-0.3, -0.25) is 24.1 Å². The van der Waals surface area contributed by atoms with E-state index in [0.29, 0.717) is 17.7 Å². The van der Waals surface area contributed by atoms with Crippen molar-refractivity contribution in [2.24, 2.45) is 0 Å². The lowest BCUT2D eigenvalue weighted by Gasteiger charge is -2.13. The number of nitrogens with one attached hydrogen (secondary N) is 2. The van der Waals surface area contributed by atoms with Crippen molar-refractivity contribution in [3.05, 3.63) is 71.3 Å². The molecular weight excluding hydrogens is 378 g/mol. The van der Waals surface area contributed by atoms with E-state index in [1.807, 2.05) is 6.07 Å². The van der Waals surface area contributed by atoms with E-state index in [1.165, 1.54) is 0 Å². The smallest absolute Gasteiger partial charge is 0.288 e. The van der Waals surface area contributed by atoms with Gasteiger partial charge in [0.25, 0.3) is 17.1 Å². The molecule has 2 aromatic rings. The average Bonchev–Trinajstić information content (AvgIpc) is 3.05. The van der Waals surface area contributed by atoms with Gasteiger partial charge in [0.15, 0.2) is 0 Å². The number of rotatable bonds is 7. The van der Waals surface area contributed by atoms with Gasteiger partial charge in [-0.05, 0) is 29.8 Å². The van der Waals surface area contributed by atoms with Crippen molar-refractivity contribution < 1.29 is 19.2 Å². The molecule has 28 heavy (non-hydrogen) atoms. The number of nitrogens with zero attached hydrogens (tertiary/aromatic N) is 1. The normalized spacial score (nSPS) is 13.5. The van der Waals surface area contributed by atoms with Crippen molar-refractivity contribution >= 4 is 34.7 Å². The number of thioether (sulfide) groups is 1. The van der Waals surface area contributed by atoms with Gasteiger partial charge in [0, 0.05) is 30.8 Å². The van der Waals surface area contributed by atoms with Gasteiger partial charge in [0.05, 0.1) is 5.75 Å². The number of imide groups is 1. The monoisotopic (exact) mass is 397 g/mol. The van der Waals surface area contributed by atoms with Crippen molar-refractivity contribution in [1.29, 1.82) is 0 Å². The average molecular weight is 397 g/mol. The second kappa shape index (κ2) is 9.18. The fraction of sp³-hybridized carbons (Fsp3) is 0.200. The van der Waals surface area contributed by atoms with Gasteiger partial charge in [-0.15, -0.1) is 0 Å². The van der Waals surface area contributed by atoms with E-state index >= 15 is 0 Å². The summed E-state index contributed by atoms with van der Waals surface area (Å²) in [4.78, 5) is 48.4. The molecule has 2 aromatic carbocycles. The highest BCUT2D eigenvalue weighted by Gasteiger charge is 2.29. The number of amides is 4. The zero-order valence-electron chi connectivity index (χ0n) is 15.0. The quantitative estimate of drug-likeness (QED) is 0.746. The summed E-state index contributed by atoms with van der Waals surface area (Å²) in [5, 5.41) is 5.24. The summed E-state index contributed by atoms with van der Waals surface area (Å²) in [6.45, 7) is 0.720. The van der Waals surface area contributed by atoms with Gasteiger partial charge < -0.3 is 10.6 Å². The van der Waals surface area contributed by atoms with Crippen LogP contribution in [0.4, 0.5) is 4.79 Å². The van der Waals surface area contributed by atoms with Crippen LogP contribution in [0.25, 0.3) is 0 Å². The molecule has 1 saturated heterocycles. The third-order valence-corrected chi connectivity index (χ3v) is 5.03. The van der Waals surface area contributed by atoms with Crippen LogP contribution in [0.1, 0.15) is 26.3 Å². The molecule has 2 N–H and O–H groups in total. The highest BCUT2D eigenvalue weighted by molar-refractivity contribution is 8.14. The molecule has 0 saturated carbocycles. The van der Waals surface area contributed by atoms with E-state index in [0.717, 1.165) is 22.2 Å². The Morgan fingerprint density at radius 3 is 2.18 bits per heavy atom. The summed E-state index contributed by atoms with van der Waals surface area (Å²) in [6, 6.07) is 15.8. The fourth-order valence-corrected chi connectivity index (χ4v) is 3.38. The van der Waals surface area contributed by atoms with Crippen molar-refractivity contribution in [1.82, 2.24) is 15.5 Å². The van der Waals surface area contributed by atoms with Crippen molar-refractivity contribution in [2.75, 3.05) is 18.8 Å². The summed E-state index contributed by atoms with van der Waals surface area (Å²) in [5.74, 6) is -0.515. The van der Waals surface area contributed by atoms with Crippen LogP contribution >= 0.6 is 11.8 Å². The highest BCUT2D eigenvalue weighted by Crippen LogP contribution is 2.17. The first-order chi connectivity index (χ1) is 13.5. The van der Waals surface area contributed by atoms with Crippen LogP contribution in [-0.2, 0) is 11.3 Å². The number of carbonyl (C=O) groups excluding carboxylic acids is 4. The molecule has 1 heterocycles. The molecule has 1 fully saturated rings. The Morgan fingerprint density at radius 1 is 0.893 bits per heavy atom. The van der Waals surface area contributed by atoms with Crippen molar-refractivity contribution in [2.45, 2.75) is 6.54 Å². The van der Waals surface area contributed by atoms with Crippen LogP contribution in [-0.4, -0.2) is 46.7 Å². The molecule has 1 aliphatic heterocycles. The van der Waals surface area contributed by atoms with Gasteiger partial charge in [-0.25, -0.2) is 0 Å². The lowest BCUT2D eigenvalue weighted by Crippen LogP contribution is -2.37. The minimum absolute atomic E-state index is 0.161. The number of hydrogen-bond acceptors (Lipinski definition) is 5. The Kier molecular flexibility index (Phi) is 6.44. The molecule has 8 heteroatoms. The maximum absolute atomic E-state index is 12.2. The molecule has 0 aromatic heterocycles. The maximum atomic E-state index is 12.2. The van der Waals surface area contributed by atoms with Crippen LogP contribution < -0.4 is 10.6 Å². The van der Waals surface area contributed by atoms with E-state index < -0.39 is 0 Å². The number of benzene rings is 2. The minimum atomic E-state index is -0.286. The largest absolute Gasteiger partial charge is 0.350 e. The van der Waals surface area contributed by atoms with Crippen LogP contribution in [0.2, 0.25) is 0 Å². The molecule has 0 bridgehead atoms. The molecule has 0 spiro atoms. The lowest BCUT2D eigenvalue weighted by atomic mass is 10.1. The van der Waals surface area contributed by atoms with E-state index in [-0.39, 0.29) is 41.8 Å². The van der Waals surface area contributed by atoms with E-state index in [2.05, 4.69) is 10.6 Å². The van der Waals surface area contributed by atoms with Crippen LogP contribution in [0, 0.1) is 0 Å². The Morgan fingerprint density at radius 2 is 1.54 bits per heavy atom. The van der Waals surface area contributed by atoms with E-state index in [1.54, 1.807) is 48.5 Å². The standard InChI is InChI=1S/C20H19N3O4S/c24-17-13-28-20(27)23(17)11-10-21-18(25)16-8-6-14(7-9-16)12-22-19(26)15-4-2-1-3-5-15/h1-9H,10-13H2,(H,21,25)(H,22,26). The van der Waals surface area contributed by atoms with Gasteiger partial charge >= 0.3 is 0 Å². The molecule has 144 valence electrons. The van der Waals surface area contributed by atoms with Gasteiger partial charge in [-0.2, -0.15) is 0 Å².